The van der Waals surface area contributed by atoms with Crippen molar-refractivity contribution in [2.45, 2.75) is 19.3 Å². The van der Waals surface area contributed by atoms with Gasteiger partial charge in [0.1, 0.15) is 5.01 Å². The van der Waals surface area contributed by atoms with E-state index < -0.39 is 0 Å². The molecular weight excluding hydrogens is 374 g/mol. The Labute approximate surface area is 170 Å². The molecule has 4 rings (SSSR count). The summed E-state index contributed by atoms with van der Waals surface area (Å²) in [6.07, 6.45) is 3.13. The summed E-state index contributed by atoms with van der Waals surface area (Å²) in [5, 5.41) is 2.87. The van der Waals surface area contributed by atoms with Crippen LogP contribution in [0.25, 0.3) is 10.6 Å². The summed E-state index contributed by atoms with van der Waals surface area (Å²) < 4.78 is 10.7. The van der Waals surface area contributed by atoms with Crippen LogP contribution in [0.2, 0.25) is 0 Å². The first-order valence-corrected chi connectivity index (χ1v) is 10.7. The summed E-state index contributed by atoms with van der Waals surface area (Å²) in [6.45, 7) is 4.87. The average Bonchev–Trinajstić information content (AvgIpc) is 3.42. The predicted octanol–water partition coefficient (Wildman–Crippen LogP) is 2.92. The van der Waals surface area contributed by atoms with Crippen LogP contribution < -0.4 is 9.47 Å². The lowest BCUT2D eigenvalue weighted by atomic mass is 10.2. The van der Waals surface area contributed by atoms with Crippen molar-refractivity contribution in [2.24, 2.45) is 5.92 Å². The second-order valence-corrected chi connectivity index (χ2v) is 8.37. The molecule has 1 aromatic heterocycles. The summed E-state index contributed by atoms with van der Waals surface area (Å²) in [5.41, 5.74) is 1.80. The number of carbonyl (C=O) groups excluding carboxylic acids is 1. The van der Waals surface area contributed by atoms with Gasteiger partial charge in [0.2, 0.25) is 5.91 Å². The molecule has 0 radical (unpaired) electrons. The zero-order valence-corrected chi connectivity index (χ0v) is 17.3. The number of amides is 1. The highest BCUT2D eigenvalue weighted by atomic mass is 32.1. The first kappa shape index (κ1) is 19.2. The first-order chi connectivity index (χ1) is 13.7. The number of aromatic nitrogens is 1. The quantitative estimate of drug-likeness (QED) is 0.714. The minimum atomic E-state index is 0.176. The molecule has 1 amide bonds. The van der Waals surface area contributed by atoms with E-state index in [0.717, 1.165) is 48.4 Å². The molecular formula is C21H27N3O3S. The van der Waals surface area contributed by atoms with Crippen LogP contribution in [-0.4, -0.2) is 67.6 Å². The van der Waals surface area contributed by atoms with Gasteiger partial charge in [-0.2, -0.15) is 0 Å². The van der Waals surface area contributed by atoms with Gasteiger partial charge in [0.15, 0.2) is 11.5 Å². The lowest BCUT2D eigenvalue weighted by molar-refractivity contribution is -0.132. The molecule has 28 heavy (non-hydrogen) atoms. The molecule has 0 unspecified atom stereocenters. The van der Waals surface area contributed by atoms with E-state index in [2.05, 4.69) is 9.88 Å². The van der Waals surface area contributed by atoms with Gasteiger partial charge in [0.25, 0.3) is 0 Å². The number of hydrogen-bond donors (Lipinski definition) is 0. The Bertz CT molecular complexity index is 826. The van der Waals surface area contributed by atoms with E-state index in [1.54, 1.807) is 25.6 Å². The van der Waals surface area contributed by atoms with Crippen LogP contribution in [0, 0.1) is 5.92 Å². The summed E-state index contributed by atoms with van der Waals surface area (Å²) in [6, 6.07) is 5.76. The maximum absolute atomic E-state index is 12.7. The molecule has 0 N–H and O–H groups in total. The molecule has 0 spiro atoms. The second-order valence-electron chi connectivity index (χ2n) is 7.52. The number of thiazole rings is 1. The molecule has 1 saturated carbocycles. The Kier molecular flexibility index (Phi) is 5.82. The lowest BCUT2D eigenvalue weighted by Crippen LogP contribution is -2.49. The van der Waals surface area contributed by atoms with Crippen molar-refractivity contribution in [1.29, 1.82) is 0 Å². The van der Waals surface area contributed by atoms with Gasteiger partial charge in [-0.15, -0.1) is 11.3 Å². The van der Waals surface area contributed by atoms with E-state index in [1.807, 2.05) is 28.5 Å². The summed E-state index contributed by atoms with van der Waals surface area (Å²) in [7, 11) is 3.24. The van der Waals surface area contributed by atoms with Crippen LogP contribution in [-0.2, 0) is 11.2 Å². The molecule has 2 fully saturated rings. The monoisotopic (exact) mass is 401 g/mol. The number of ether oxygens (including phenoxy) is 2. The largest absolute Gasteiger partial charge is 0.493 e. The van der Waals surface area contributed by atoms with Gasteiger partial charge >= 0.3 is 0 Å². The smallest absolute Gasteiger partial charge is 0.228 e. The fourth-order valence-electron chi connectivity index (χ4n) is 3.60. The summed E-state index contributed by atoms with van der Waals surface area (Å²) in [5.74, 6) is 2.46. The Balaban J connectivity index is 1.35. The minimum Gasteiger partial charge on any atom is -0.493 e. The number of carbonyl (C=O) groups is 1. The molecule has 6 nitrogen and oxygen atoms in total. The van der Waals surface area contributed by atoms with Crippen LogP contribution in [0.4, 0.5) is 0 Å². The molecule has 2 aromatic rings. The fraction of sp³-hybridized carbons (Fsp3) is 0.524. The SMILES string of the molecule is COc1ccc(-c2nc(CC(=O)N3CCN(CC4CC4)CC3)cs2)cc1OC. The van der Waals surface area contributed by atoms with Crippen LogP contribution >= 0.6 is 11.3 Å². The number of hydrogen-bond acceptors (Lipinski definition) is 6. The molecule has 2 aliphatic rings. The third kappa shape index (κ3) is 4.47. The van der Waals surface area contributed by atoms with Crippen molar-refractivity contribution in [3.8, 4) is 22.1 Å². The summed E-state index contributed by atoms with van der Waals surface area (Å²) >= 11 is 1.55. The molecule has 0 bridgehead atoms. The molecule has 0 atom stereocenters. The lowest BCUT2D eigenvalue weighted by Gasteiger charge is -2.34. The number of piperazine rings is 1. The Morgan fingerprint density at radius 1 is 1.14 bits per heavy atom. The molecule has 2 heterocycles. The van der Waals surface area contributed by atoms with E-state index in [-0.39, 0.29) is 5.91 Å². The van der Waals surface area contributed by atoms with E-state index >= 15 is 0 Å². The fourth-order valence-corrected chi connectivity index (χ4v) is 4.42. The standard InChI is InChI=1S/C21H27N3O3S/c1-26-18-6-5-16(11-19(18)27-2)21-22-17(14-28-21)12-20(25)24-9-7-23(8-10-24)13-15-3-4-15/h5-6,11,14-15H,3-4,7-10,12-13H2,1-2H3. The summed E-state index contributed by atoms with van der Waals surface area (Å²) in [4.78, 5) is 21.8. The van der Waals surface area contributed by atoms with Crippen LogP contribution in [0.1, 0.15) is 18.5 Å². The number of methoxy groups -OCH3 is 2. The number of nitrogens with zero attached hydrogens (tertiary/aromatic N) is 3. The van der Waals surface area contributed by atoms with E-state index in [9.17, 15) is 4.79 Å². The van der Waals surface area contributed by atoms with Crippen molar-refractivity contribution < 1.29 is 14.3 Å². The minimum absolute atomic E-state index is 0.176. The Morgan fingerprint density at radius 2 is 1.89 bits per heavy atom. The maximum Gasteiger partial charge on any atom is 0.228 e. The van der Waals surface area contributed by atoms with E-state index in [1.165, 1.54) is 19.4 Å². The zero-order valence-electron chi connectivity index (χ0n) is 16.5. The van der Waals surface area contributed by atoms with Gasteiger partial charge < -0.3 is 14.4 Å². The third-order valence-corrected chi connectivity index (χ3v) is 6.39. The van der Waals surface area contributed by atoms with Gasteiger partial charge in [-0.1, -0.05) is 0 Å². The van der Waals surface area contributed by atoms with E-state index in [0.29, 0.717) is 17.9 Å². The van der Waals surface area contributed by atoms with Crippen molar-refractivity contribution in [3.63, 3.8) is 0 Å². The average molecular weight is 402 g/mol. The first-order valence-electron chi connectivity index (χ1n) is 9.83. The molecule has 7 heteroatoms. The van der Waals surface area contributed by atoms with Crippen molar-refractivity contribution in [2.75, 3.05) is 46.9 Å². The maximum atomic E-state index is 12.7. The molecule has 1 aromatic carbocycles. The van der Waals surface area contributed by atoms with Gasteiger partial charge in [-0.3, -0.25) is 9.69 Å². The molecule has 1 saturated heterocycles. The van der Waals surface area contributed by atoms with Gasteiger partial charge in [0.05, 0.1) is 26.3 Å². The van der Waals surface area contributed by atoms with Gasteiger partial charge in [0, 0.05) is 43.7 Å². The highest BCUT2D eigenvalue weighted by molar-refractivity contribution is 7.13. The Morgan fingerprint density at radius 3 is 2.57 bits per heavy atom. The third-order valence-electron chi connectivity index (χ3n) is 5.45. The normalized spacial score (nSPS) is 17.6. The second kappa shape index (κ2) is 8.49. The highest BCUT2D eigenvalue weighted by Gasteiger charge is 2.27. The Hall–Kier alpha value is -2.12. The molecule has 1 aliphatic heterocycles. The highest BCUT2D eigenvalue weighted by Crippen LogP contribution is 2.33. The van der Waals surface area contributed by atoms with Crippen molar-refractivity contribution in [3.05, 3.63) is 29.3 Å². The number of benzene rings is 1. The van der Waals surface area contributed by atoms with Gasteiger partial charge in [-0.25, -0.2) is 4.98 Å². The number of rotatable bonds is 7. The predicted molar refractivity (Wildman–Crippen MR) is 110 cm³/mol. The van der Waals surface area contributed by atoms with Crippen molar-refractivity contribution in [1.82, 2.24) is 14.8 Å². The molecule has 1 aliphatic carbocycles. The van der Waals surface area contributed by atoms with E-state index in [4.69, 9.17) is 9.47 Å². The van der Waals surface area contributed by atoms with Crippen LogP contribution in [0.5, 0.6) is 11.5 Å². The topological polar surface area (TPSA) is 54.9 Å². The zero-order chi connectivity index (χ0) is 19.5. The van der Waals surface area contributed by atoms with Crippen LogP contribution in [0.3, 0.4) is 0 Å². The van der Waals surface area contributed by atoms with Gasteiger partial charge in [-0.05, 0) is 37.0 Å². The molecule has 150 valence electrons. The van der Waals surface area contributed by atoms with Crippen molar-refractivity contribution >= 4 is 17.2 Å². The van der Waals surface area contributed by atoms with Crippen LogP contribution in [0.15, 0.2) is 23.6 Å².